The van der Waals surface area contributed by atoms with Gasteiger partial charge in [-0.1, -0.05) is 0 Å². The molecule has 2 aromatic heterocycles. The first-order valence-corrected chi connectivity index (χ1v) is 9.57. The Morgan fingerprint density at radius 3 is 2.97 bits per heavy atom. The standard InChI is InChI=1S/C19H22F2N4O4/c20-17(21)15-6-11-8-22-16(23-12-2-1-4-25(9-12)19(26)27)7-14(11)18(24-15)29-13-3-5-28-10-13/h6-8,12-13,17H,1-5,9-10H2,(H,22,23)(H,26,27). The van der Waals surface area contributed by atoms with Gasteiger partial charge in [-0.05, 0) is 25.0 Å². The molecule has 2 fully saturated rings. The highest BCUT2D eigenvalue weighted by molar-refractivity contribution is 5.88. The van der Waals surface area contributed by atoms with Crippen LogP contribution in [-0.4, -0.2) is 64.5 Å². The minimum atomic E-state index is -2.72. The molecule has 2 aliphatic heterocycles. The van der Waals surface area contributed by atoms with Crippen LogP contribution in [0.4, 0.5) is 19.4 Å². The summed E-state index contributed by atoms with van der Waals surface area (Å²) in [5.41, 5.74) is -0.363. The molecular weight excluding hydrogens is 386 g/mol. The molecule has 4 heterocycles. The molecule has 4 rings (SSSR count). The van der Waals surface area contributed by atoms with Gasteiger partial charge in [0.2, 0.25) is 5.88 Å². The molecule has 2 unspecified atom stereocenters. The van der Waals surface area contributed by atoms with Crippen molar-refractivity contribution in [3.05, 3.63) is 24.0 Å². The predicted octanol–water partition coefficient (Wildman–Crippen LogP) is 3.29. The molecule has 0 bridgehead atoms. The Morgan fingerprint density at radius 2 is 2.24 bits per heavy atom. The summed E-state index contributed by atoms with van der Waals surface area (Å²) in [5, 5.41) is 13.5. The topological polar surface area (TPSA) is 96.8 Å². The summed E-state index contributed by atoms with van der Waals surface area (Å²) >= 11 is 0. The second kappa shape index (κ2) is 8.32. The lowest BCUT2D eigenvalue weighted by molar-refractivity contribution is 0.132. The Balaban J connectivity index is 1.61. The predicted molar refractivity (Wildman–Crippen MR) is 101 cm³/mol. The molecule has 2 saturated heterocycles. The van der Waals surface area contributed by atoms with E-state index in [1.165, 1.54) is 17.2 Å². The van der Waals surface area contributed by atoms with Crippen molar-refractivity contribution in [3.8, 4) is 5.88 Å². The SMILES string of the molecule is O=C(O)N1CCCC(Nc2cc3c(OC4CCOC4)nc(C(F)F)cc3cn2)C1. The summed E-state index contributed by atoms with van der Waals surface area (Å²) in [6, 6.07) is 2.94. The lowest BCUT2D eigenvalue weighted by Crippen LogP contribution is -2.44. The number of hydrogen-bond acceptors (Lipinski definition) is 6. The van der Waals surface area contributed by atoms with Gasteiger partial charge in [0.05, 0.1) is 13.2 Å². The second-order valence-electron chi connectivity index (χ2n) is 7.26. The van der Waals surface area contributed by atoms with E-state index in [0.717, 1.165) is 12.8 Å². The van der Waals surface area contributed by atoms with Gasteiger partial charge in [-0.15, -0.1) is 0 Å². The van der Waals surface area contributed by atoms with Crippen LogP contribution in [0.5, 0.6) is 5.88 Å². The molecule has 10 heteroatoms. The van der Waals surface area contributed by atoms with Gasteiger partial charge in [-0.3, -0.25) is 0 Å². The number of fused-ring (bicyclic) bond motifs is 1. The third kappa shape index (κ3) is 4.47. The number of amides is 1. The summed E-state index contributed by atoms with van der Waals surface area (Å²) in [4.78, 5) is 20.9. The van der Waals surface area contributed by atoms with Crippen molar-refractivity contribution in [3.63, 3.8) is 0 Å². The molecule has 0 saturated carbocycles. The molecular formula is C19H22F2N4O4. The van der Waals surface area contributed by atoms with Crippen molar-refractivity contribution in [2.75, 3.05) is 31.6 Å². The van der Waals surface area contributed by atoms with E-state index in [1.807, 2.05) is 0 Å². The highest BCUT2D eigenvalue weighted by Gasteiger charge is 2.24. The maximum absolute atomic E-state index is 13.3. The van der Waals surface area contributed by atoms with Gasteiger partial charge >= 0.3 is 6.09 Å². The van der Waals surface area contributed by atoms with Crippen LogP contribution in [0.25, 0.3) is 10.8 Å². The Kier molecular flexibility index (Phi) is 5.61. The molecule has 2 atom stereocenters. The van der Waals surface area contributed by atoms with Crippen LogP contribution in [0.1, 0.15) is 31.4 Å². The monoisotopic (exact) mass is 408 g/mol. The number of ether oxygens (including phenoxy) is 2. The summed E-state index contributed by atoms with van der Waals surface area (Å²) in [6.45, 7) is 1.83. The van der Waals surface area contributed by atoms with E-state index in [9.17, 15) is 18.7 Å². The zero-order chi connectivity index (χ0) is 20.4. The van der Waals surface area contributed by atoms with Crippen LogP contribution in [0.15, 0.2) is 18.3 Å². The first-order chi connectivity index (χ1) is 14.0. The highest BCUT2D eigenvalue weighted by Crippen LogP contribution is 2.31. The fraction of sp³-hybridized carbons (Fsp3) is 0.526. The molecule has 0 spiro atoms. The van der Waals surface area contributed by atoms with E-state index < -0.39 is 12.5 Å². The third-order valence-corrected chi connectivity index (χ3v) is 5.13. The van der Waals surface area contributed by atoms with Gasteiger partial charge < -0.3 is 24.8 Å². The molecule has 0 aliphatic carbocycles. The van der Waals surface area contributed by atoms with Crippen LogP contribution in [0.3, 0.4) is 0 Å². The third-order valence-electron chi connectivity index (χ3n) is 5.13. The maximum Gasteiger partial charge on any atom is 0.407 e. The number of anilines is 1. The van der Waals surface area contributed by atoms with Crippen LogP contribution < -0.4 is 10.1 Å². The van der Waals surface area contributed by atoms with Crippen molar-refractivity contribution in [2.24, 2.45) is 0 Å². The van der Waals surface area contributed by atoms with Crippen molar-refractivity contribution >= 4 is 22.7 Å². The molecule has 8 nitrogen and oxygen atoms in total. The minimum absolute atomic E-state index is 0.0781. The smallest absolute Gasteiger partial charge is 0.407 e. The Hall–Kier alpha value is -2.75. The van der Waals surface area contributed by atoms with Gasteiger partial charge in [0.15, 0.2) is 0 Å². The van der Waals surface area contributed by atoms with Gasteiger partial charge in [0.1, 0.15) is 17.6 Å². The first kappa shape index (κ1) is 19.6. The molecule has 2 aromatic rings. The van der Waals surface area contributed by atoms with Crippen molar-refractivity contribution in [1.82, 2.24) is 14.9 Å². The van der Waals surface area contributed by atoms with E-state index in [2.05, 4.69) is 15.3 Å². The Labute approximate surface area is 165 Å². The molecule has 0 radical (unpaired) electrons. The largest absolute Gasteiger partial charge is 0.471 e. The number of halogens is 2. The van der Waals surface area contributed by atoms with E-state index in [0.29, 0.717) is 49.3 Å². The molecule has 156 valence electrons. The molecule has 0 aromatic carbocycles. The zero-order valence-electron chi connectivity index (χ0n) is 15.7. The van der Waals surface area contributed by atoms with E-state index in [-0.39, 0.29) is 23.7 Å². The van der Waals surface area contributed by atoms with E-state index >= 15 is 0 Å². The highest BCUT2D eigenvalue weighted by atomic mass is 19.3. The van der Waals surface area contributed by atoms with E-state index in [1.54, 1.807) is 6.07 Å². The van der Waals surface area contributed by atoms with Crippen molar-refractivity contribution < 1.29 is 28.2 Å². The number of pyridine rings is 2. The fourth-order valence-electron chi connectivity index (χ4n) is 3.66. The fourth-order valence-corrected chi connectivity index (χ4v) is 3.66. The number of piperidine rings is 1. The van der Waals surface area contributed by atoms with Crippen LogP contribution in [-0.2, 0) is 4.74 Å². The van der Waals surface area contributed by atoms with Crippen LogP contribution in [0.2, 0.25) is 0 Å². The summed E-state index contributed by atoms with van der Waals surface area (Å²) in [6.07, 6.45) is -0.149. The summed E-state index contributed by atoms with van der Waals surface area (Å²) in [5.74, 6) is 0.656. The number of carbonyl (C=O) groups is 1. The summed E-state index contributed by atoms with van der Waals surface area (Å²) < 4.78 is 37.7. The number of nitrogens with zero attached hydrogens (tertiary/aromatic N) is 3. The normalized spacial score (nSPS) is 22.2. The quantitative estimate of drug-likeness (QED) is 0.784. The number of carboxylic acid groups (broad SMARTS) is 1. The molecule has 2 aliphatic rings. The van der Waals surface area contributed by atoms with E-state index in [4.69, 9.17) is 9.47 Å². The van der Waals surface area contributed by atoms with Crippen LogP contribution in [0, 0.1) is 0 Å². The Bertz CT molecular complexity index is 892. The Morgan fingerprint density at radius 1 is 1.38 bits per heavy atom. The molecule has 29 heavy (non-hydrogen) atoms. The zero-order valence-corrected chi connectivity index (χ0v) is 15.7. The number of rotatable bonds is 5. The van der Waals surface area contributed by atoms with Gasteiger partial charge in [-0.25, -0.2) is 23.5 Å². The lowest BCUT2D eigenvalue weighted by Gasteiger charge is -2.31. The number of aromatic nitrogens is 2. The van der Waals surface area contributed by atoms with Crippen molar-refractivity contribution in [1.29, 1.82) is 0 Å². The number of nitrogens with one attached hydrogen (secondary N) is 1. The second-order valence-corrected chi connectivity index (χ2v) is 7.26. The van der Waals surface area contributed by atoms with Gasteiger partial charge in [0.25, 0.3) is 6.43 Å². The summed E-state index contributed by atoms with van der Waals surface area (Å²) in [7, 11) is 0. The number of likely N-dealkylation sites (tertiary alicyclic amines) is 1. The number of hydrogen-bond donors (Lipinski definition) is 2. The minimum Gasteiger partial charge on any atom is -0.471 e. The molecule has 2 N–H and O–H groups in total. The average Bonchev–Trinajstić information content (AvgIpc) is 3.21. The first-order valence-electron chi connectivity index (χ1n) is 9.57. The average molecular weight is 408 g/mol. The van der Waals surface area contributed by atoms with Gasteiger partial charge in [-0.2, -0.15) is 0 Å². The van der Waals surface area contributed by atoms with Crippen LogP contribution >= 0.6 is 0 Å². The van der Waals surface area contributed by atoms with Gasteiger partial charge in [0, 0.05) is 42.5 Å². The maximum atomic E-state index is 13.3. The lowest BCUT2D eigenvalue weighted by atomic mass is 10.1. The number of alkyl halides is 2. The van der Waals surface area contributed by atoms with Crippen molar-refractivity contribution in [2.45, 2.75) is 37.8 Å². The molecule has 1 amide bonds.